The first kappa shape index (κ1) is 33.6. The third-order valence-corrected chi connectivity index (χ3v) is 8.78. The number of para-hydroxylation sites is 1. The van der Waals surface area contributed by atoms with Crippen LogP contribution >= 0.6 is 0 Å². The van der Waals surface area contributed by atoms with Crippen molar-refractivity contribution in [2.45, 2.75) is 57.7 Å². The molecule has 2 fully saturated rings. The van der Waals surface area contributed by atoms with E-state index >= 15 is 0 Å². The van der Waals surface area contributed by atoms with E-state index in [1.54, 1.807) is 6.33 Å². The second-order valence-electron chi connectivity index (χ2n) is 12.2. The van der Waals surface area contributed by atoms with Gasteiger partial charge in [-0.1, -0.05) is 30.3 Å². The third kappa shape index (κ3) is 8.35. The summed E-state index contributed by atoms with van der Waals surface area (Å²) in [5, 5.41) is 24.4. The van der Waals surface area contributed by atoms with Crippen LogP contribution in [0.3, 0.4) is 0 Å². The predicted octanol–water partition coefficient (Wildman–Crippen LogP) is 4.53. The van der Waals surface area contributed by atoms with Gasteiger partial charge in [-0.15, -0.1) is 0 Å². The molecule has 1 unspecified atom stereocenters. The normalized spacial score (nSPS) is 21.0. The number of nitrogens with zero attached hydrogens (tertiary/aromatic N) is 6. The zero-order valence-electron chi connectivity index (χ0n) is 27.2. The average molecular weight is 645 g/mol. The standard InChI is InChI=1S/C30H36N8O.2C2H4O2/c1-36-14-16-37(17-15-36)22-10-12-23(13-11-22)38-30-27(29(31)32-19-33-30)28(35-38)20-6-8-21(9-7-20)34-25-18-39-26-5-3-2-4-24(25)26;2*1-2(3)4/h2-9,19,22-23,25,34H,10-18H2,1H3,(H2,31,32,33);2*1H3,(H,3,4). The van der Waals surface area contributed by atoms with Crippen LogP contribution in [0.1, 0.15) is 57.2 Å². The van der Waals surface area contributed by atoms with E-state index < -0.39 is 11.9 Å². The first-order valence-corrected chi connectivity index (χ1v) is 16.0. The number of benzene rings is 2. The van der Waals surface area contributed by atoms with Gasteiger partial charge in [0.1, 0.15) is 30.2 Å². The van der Waals surface area contributed by atoms with Gasteiger partial charge in [0.2, 0.25) is 0 Å². The molecule has 1 saturated carbocycles. The van der Waals surface area contributed by atoms with E-state index in [9.17, 15) is 0 Å². The quantitative estimate of drug-likeness (QED) is 0.240. The van der Waals surface area contributed by atoms with Crippen LogP contribution in [0.15, 0.2) is 54.9 Å². The van der Waals surface area contributed by atoms with Gasteiger partial charge in [-0.25, -0.2) is 14.6 Å². The number of nitrogens with one attached hydrogen (secondary N) is 1. The lowest BCUT2D eigenvalue weighted by atomic mass is 9.90. The lowest BCUT2D eigenvalue weighted by Crippen LogP contribution is -2.49. The largest absolute Gasteiger partial charge is 0.491 e. The van der Waals surface area contributed by atoms with Gasteiger partial charge in [-0.3, -0.25) is 14.5 Å². The van der Waals surface area contributed by atoms with Crippen molar-refractivity contribution in [1.82, 2.24) is 29.5 Å². The van der Waals surface area contributed by atoms with E-state index in [1.165, 1.54) is 44.6 Å². The highest BCUT2D eigenvalue weighted by Gasteiger charge is 2.31. The van der Waals surface area contributed by atoms with E-state index in [-0.39, 0.29) is 6.04 Å². The first-order valence-electron chi connectivity index (χ1n) is 16.0. The topological polar surface area (TPSA) is 172 Å². The molecule has 1 saturated heterocycles. The van der Waals surface area contributed by atoms with Gasteiger partial charge >= 0.3 is 0 Å². The molecule has 1 atom stereocenters. The molecule has 4 heterocycles. The maximum Gasteiger partial charge on any atom is 0.300 e. The third-order valence-electron chi connectivity index (χ3n) is 8.78. The van der Waals surface area contributed by atoms with Crippen molar-refractivity contribution in [3.8, 4) is 17.0 Å². The fourth-order valence-electron chi connectivity index (χ4n) is 6.51. The molecule has 1 aliphatic carbocycles. The van der Waals surface area contributed by atoms with Crippen LogP contribution < -0.4 is 15.8 Å². The number of hydrogen-bond acceptors (Lipinski definition) is 10. The fraction of sp³-hybridized carbons (Fsp3) is 0.441. The number of fused-ring (bicyclic) bond motifs is 2. The van der Waals surface area contributed by atoms with E-state index in [0.717, 1.165) is 60.4 Å². The van der Waals surface area contributed by atoms with E-state index in [0.29, 0.717) is 24.5 Å². The van der Waals surface area contributed by atoms with Crippen LogP contribution in [0.25, 0.3) is 22.3 Å². The molecule has 0 radical (unpaired) electrons. The number of nitrogen functional groups attached to an aromatic ring is 1. The second-order valence-corrected chi connectivity index (χ2v) is 12.2. The zero-order chi connectivity index (χ0) is 33.5. The number of carboxylic acid groups (broad SMARTS) is 2. The number of nitrogens with two attached hydrogens (primary N) is 1. The van der Waals surface area contributed by atoms with Crippen molar-refractivity contribution in [3.05, 3.63) is 60.4 Å². The molecule has 13 heteroatoms. The van der Waals surface area contributed by atoms with Crippen molar-refractivity contribution in [2.24, 2.45) is 0 Å². The lowest BCUT2D eigenvalue weighted by Gasteiger charge is -2.41. The van der Waals surface area contributed by atoms with Crippen LogP contribution in [0.4, 0.5) is 11.5 Å². The summed E-state index contributed by atoms with van der Waals surface area (Å²) in [4.78, 5) is 32.1. The Bertz CT molecular complexity index is 1640. The number of aliphatic carboxylic acids is 2. The molecule has 13 nitrogen and oxygen atoms in total. The molecule has 5 N–H and O–H groups in total. The number of aromatic nitrogens is 4. The Labute approximate surface area is 274 Å². The number of carbonyl (C=O) groups is 2. The summed E-state index contributed by atoms with van der Waals surface area (Å²) in [5.74, 6) is -0.231. The zero-order valence-corrected chi connectivity index (χ0v) is 27.2. The average Bonchev–Trinajstić information content (AvgIpc) is 3.64. The van der Waals surface area contributed by atoms with Crippen LogP contribution in [0.2, 0.25) is 0 Å². The van der Waals surface area contributed by atoms with Crippen molar-refractivity contribution < 1.29 is 24.5 Å². The van der Waals surface area contributed by atoms with Crippen LogP contribution in [0.5, 0.6) is 5.75 Å². The van der Waals surface area contributed by atoms with Crippen molar-refractivity contribution >= 4 is 34.5 Å². The number of carboxylic acids is 2. The van der Waals surface area contributed by atoms with Crippen LogP contribution in [-0.4, -0.2) is 97.6 Å². The van der Waals surface area contributed by atoms with Gasteiger partial charge in [-0.2, -0.15) is 5.10 Å². The summed E-state index contributed by atoms with van der Waals surface area (Å²) < 4.78 is 7.96. The maximum atomic E-state index is 9.00. The molecule has 2 aromatic heterocycles. The number of piperazine rings is 1. The van der Waals surface area contributed by atoms with Crippen molar-refractivity contribution in [3.63, 3.8) is 0 Å². The number of anilines is 2. The monoisotopic (exact) mass is 644 g/mol. The minimum atomic E-state index is -0.833. The van der Waals surface area contributed by atoms with Crippen LogP contribution in [0, 0.1) is 0 Å². The van der Waals surface area contributed by atoms with Gasteiger partial charge in [0.05, 0.1) is 17.5 Å². The van der Waals surface area contributed by atoms with Gasteiger partial charge in [-0.05, 0) is 50.9 Å². The Morgan fingerprint density at radius 2 is 1.51 bits per heavy atom. The fourth-order valence-corrected chi connectivity index (χ4v) is 6.51. The predicted molar refractivity (Wildman–Crippen MR) is 180 cm³/mol. The molecule has 47 heavy (non-hydrogen) atoms. The highest BCUT2D eigenvalue weighted by molar-refractivity contribution is 5.98. The minimum Gasteiger partial charge on any atom is -0.491 e. The summed E-state index contributed by atoms with van der Waals surface area (Å²) >= 11 is 0. The van der Waals surface area contributed by atoms with Gasteiger partial charge in [0.25, 0.3) is 11.9 Å². The highest BCUT2D eigenvalue weighted by Crippen LogP contribution is 2.38. The molecule has 3 aliphatic rings. The smallest absolute Gasteiger partial charge is 0.300 e. The highest BCUT2D eigenvalue weighted by atomic mass is 16.5. The Morgan fingerprint density at radius 1 is 0.894 bits per heavy atom. The molecular formula is C34H44N8O5. The summed E-state index contributed by atoms with van der Waals surface area (Å²) in [7, 11) is 2.22. The van der Waals surface area contributed by atoms with Crippen molar-refractivity contribution in [1.29, 1.82) is 0 Å². The van der Waals surface area contributed by atoms with Gasteiger partial charge in [0.15, 0.2) is 5.65 Å². The maximum absolute atomic E-state index is 9.00. The Balaban J connectivity index is 0.000000490. The number of likely N-dealkylation sites (N-methyl/N-ethyl adjacent to an activating group) is 1. The molecule has 4 aromatic rings. The summed E-state index contributed by atoms with van der Waals surface area (Å²) in [6.07, 6.45) is 6.15. The van der Waals surface area contributed by atoms with Gasteiger partial charge in [0, 0.05) is 62.9 Å². The molecule has 0 spiro atoms. The SMILES string of the molecule is CC(=O)O.CC(=O)O.CN1CCN(C2CCC(n3nc(-c4ccc(NC5COc6ccccc65)cc4)c4c(N)ncnc43)CC2)CC1. The Kier molecular flexibility index (Phi) is 10.9. The van der Waals surface area contributed by atoms with E-state index in [4.69, 9.17) is 35.4 Å². The van der Waals surface area contributed by atoms with Crippen LogP contribution in [-0.2, 0) is 9.59 Å². The van der Waals surface area contributed by atoms with Crippen molar-refractivity contribution in [2.75, 3.05) is 50.9 Å². The second kappa shape index (κ2) is 15.2. The number of rotatable bonds is 5. The molecular weight excluding hydrogens is 600 g/mol. The molecule has 0 amide bonds. The number of hydrogen-bond donors (Lipinski definition) is 4. The summed E-state index contributed by atoms with van der Waals surface area (Å²) in [6.45, 7) is 7.48. The van der Waals surface area contributed by atoms with E-state index in [2.05, 4.69) is 73.2 Å². The molecule has 250 valence electrons. The molecule has 7 rings (SSSR count). The van der Waals surface area contributed by atoms with E-state index in [1.807, 2.05) is 12.1 Å². The lowest BCUT2D eigenvalue weighted by molar-refractivity contribution is -0.135. The summed E-state index contributed by atoms with van der Waals surface area (Å²) in [6, 6.07) is 17.7. The Morgan fingerprint density at radius 3 is 2.17 bits per heavy atom. The molecule has 2 aromatic carbocycles. The molecule has 0 bridgehead atoms. The Hall–Kier alpha value is -4.75. The molecule has 2 aliphatic heterocycles. The van der Waals surface area contributed by atoms with Gasteiger partial charge < -0.3 is 30.9 Å². The minimum absolute atomic E-state index is 0.136. The number of ether oxygens (including phenoxy) is 1. The summed E-state index contributed by atoms with van der Waals surface area (Å²) in [5.41, 5.74) is 11.3. The first-order chi connectivity index (χ1) is 22.6.